The molecule has 0 radical (unpaired) electrons. The van der Waals surface area contributed by atoms with Crippen molar-refractivity contribution in [3.8, 4) is 0 Å². The summed E-state index contributed by atoms with van der Waals surface area (Å²) in [5.74, 6) is -0.174. The molecule has 0 saturated heterocycles. The van der Waals surface area contributed by atoms with Crippen LogP contribution < -0.4 is 5.32 Å². The maximum atomic E-state index is 13.0. The van der Waals surface area contributed by atoms with E-state index in [1.165, 1.54) is 5.56 Å². The molecule has 1 N–H and O–H groups in total. The highest BCUT2D eigenvalue weighted by atomic mass is 35.5. The molecule has 3 rings (SSSR count). The highest BCUT2D eigenvalue weighted by Crippen LogP contribution is 2.30. The van der Waals surface area contributed by atoms with E-state index in [0.717, 1.165) is 12.1 Å². The Labute approximate surface area is 129 Å². The van der Waals surface area contributed by atoms with Gasteiger partial charge in [-0.15, -0.1) is 0 Å². The summed E-state index contributed by atoms with van der Waals surface area (Å²) in [4.78, 5) is 13.0. The molecule has 2 aromatic rings. The summed E-state index contributed by atoms with van der Waals surface area (Å²) >= 11 is 6.21. The van der Waals surface area contributed by atoms with E-state index in [0.29, 0.717) is 17.3 Å². The molecule has 1 aliphatic heterocycles. The number of hydrogen-bond acceptors (Lipinski definition) is 3. The van der Waals surface area contributed by atoms with Crippen molar-refractivity contribution in [3.05, 3.63) is 52.3 Å². The van der Waals surface area contributed by atoms with Gasteiger partial charge in [0.1, 0.15) is 5.69 Å². The van der Waals surface area contributed by atoms with Crippen LogP contribution in [0.3, 0.4) is 0 Å². The third-order valence-electron chi connectivity index (χ3n) is 3.88. The Morgan fingerprint density at radius 1 is 1.43 bits per heavy atom. The Bertz CT molecular complexity index is 678. The Kier molecular flexibility index (Phi) is 3.83. The zero-order chi connectivity index (χ0) is 15.0. The molecule has 0 saturated carbocycles. The van der Waals surface area contributed by atoms with E-state index in [2.05, 4.69) is 16.5 Å². The lowest BCUT2D eigenvalue weighted by atomic mass is 9.86. The normalized spacial score (nSPS) is 17.8. The standard InChI is InChI=1S/C16H18ClN3O/c1-10(2)20-15(14(17)9-19-20)16(21)13-8-18-7-11-5-3-4-6-12(11)13/h3-6,9-10,13,18H,7-8H2,1-2H3. The van der Waals surface area contributed by atoms with E-state index >= 15 is 0 Å². The van der Waals surface area contributed by atoms with Crippen molar-refractivity contribution in [1.82, 2.24) is 15.1 Å². The number of ketones is 1. The van der Waals surface area contributed by atoms with Gasteiger partial charge in [-0.25, -0.2) is 0 Å². The first-order valence-corrected chi connectivity index (χ1v) is 7.53. The van der Waals surface area contributed by atoms with Gasteiger partial charge in [-0.2, -0.15) is 5.10 Å². The van der Waals surface area contributed by atoms with Crippen LogP contribution in [0, 0.1) is 0 Å². The van der Waals surface area contributed by atoms with Crippen molar-refractivity contribution in [2.75, 3.05) is 6.54 Å². The minimum Gasteiger partial charge on any atom is -0.312 e. The van der Waals surface area contributed by atoms with Crippen LogP contribution in [0.1, 0.15) is 47.4 Å². The van der Waals surface area contributed by atoms with Crippen LogP contribution in [-0.2, 0) is 6.54 Å². The van der Waals surface area contributed by atoms with Gasteiger partial charge < -0.3 is 5.32 Å². The number of benzene rings is 1. The lowest BCUT2D eigenvalue weighted by Crippen LogP contribution is -2.33. The molecule has 5 heteroatoms. The van der Waals surface area contributed by atoms with E-state index in [4.69, 9.17) is 11.6 Å². The van der Waals surface area contributed by atoms with Gasteiger partial charge in [0, 0.05) is 19.1 Å². The monoisotopic (exact) mass is 303 g/mol. The van der Waals surface area contributed by atoms with Crippen molar-refractivity contribution in [2.45, 2.75) is 32.4 Å². The topological polar surface area (TPSA) is 46.9 Å². The van der Waals surface area contributed by atoms with E-state index in [-0.39, 0.29) is 17.7 Å². The smallest absolute Gasteiger partial charge is 0.191 e. The van der Waals surface area contributed by atoms with Gasteiger partial charge in [0.05, 0.1) is 17.1 Å². The second-order valence-electron chi connectivity index (χ2n) is 5.63. The highest BCUT2D eigenvalue weighted by molar-refractivity contribution is 6.33. The molecular formula is C16H18ClN3O. The maximum Gasteiger partial charge on any atom is 0.191 e. The molecule has 4 nitrogen and oxygen atoms in total. The summed E-state index contributed by atoms with van der Waals surface area (Å²) < 4.78 is 1.71. The van der Waals surface area contributed by atoms with Crippen LogP contribution >= 0.6 is 11.6 Å². The fraction of sp³-hybridized carbons (Fsp3) is 0.375. The highest BCUT2D eigenvalue weighted by Gasteiger charge is 2.31. The van der Waals surface area contributed by atoms with Gasteiger partial charge in [0.25, 0.3) is 0 Å². The average Bonchev–Trinajstić information content (AvgIpc) is 2.88. The zero-order valence-corrected chi connectivity index (χ0v) is 12.9. The number of halogens is 1. The summed E-state index contributed by atoms with van der Waals surface area (Å²) in [6.45, 7) is 5.42. The van der Waals surface area contributed by atoms with Gasteiger partial charge in [-0.1, -0.05) is 35.9 Å². The summed E-state index contributed by atoms with van der Waals surface area (Å²) in [6.07, 6.45) is 1.55. The zero-order valence-electron chi connectivity index (χ0n) is 12.1. The largest absolute Gasteiger partial charge is 0.312 e. The summed E-state index contributed by atoms with van der Waals surface area (Å²) in [5.41, 5.74) is 2.78. The molecule has 0 aliphatic carbocycles. The summed E-state index contributed by atoms with van der Waals surface area (Å²) in [6, 6.07) is 8.17. The maximum absolute atomic E-state index is 13.0. The first-order valence-electron chi connectivity index (χ1n) is 7.15. The number of nitrogens with one attached hydrogen (secondary N) is 1. The Hall–Kier alpha value is -1.65. The molecule has 1 aromatic heterocycles. The van der Waals surface area contributed by atoms with Crippen LogP contribution in [0.4, 0.5) is 0 Å². The van der Waals surface area contributed by atoms with Crippen molar-refractivity contribution >= 4 is 17.4 Å². The van der Waals surface area contributed by atoms with Gasteiger partial charge in [0.2, 0.25) is 0 Å². The second-order valence-corrected chi connectivity index (χ2v) is 6.03. The second kappa shape index (κ2) is 5.62. The Morgan fingerprint density at radius 2 is 2.19 bits per heavy atom. The van der Waals surface area contributed by atoms with Gasteiger partial charge >= 0.3 is 0 Å². The third-order valence-corrected chi connectivity index (χ3v) is 4.16. The first-order chi connectivity index (χ1) is 10.1. The molecule has 0 amide bonds. The van der Waals surface area contributed by atoms with Gasteiger partial charge in [-0.05, 0) is 25.0 Å². The third kappa shape index (κ3) is 2.49. The molecule has 2 heterocycles. The van der Waals surface area contributed by atoms with Crippen LogP contribution in [0.2, 0.25) is 5.02 Å². The Morgan fingerprint density at radius 3 is 2.95 bits per heavy atom. The van der Waals surface area contributed by atoms with Crippen molar-refractivity contribution in [1.29, 1.82) is 0 Å². The van der Waals surface area contributed by atoms with E-state index in [9.17, 15) is 4.79 Å². The predicted octanol–water partition coefficient (Wildman–Crippen LogP) is 3.19. The molecule has 1 aromatic carbocycles. The number of hydrogen-bond donors (Lipinski definition) is 1. The van der Waals surface area contributed by atoms with Crippen molar-refractivity contribution in [2.24, 2.45) is 0 Å². The fourth-order valence-electron chi connectivity index (χ4n) is 2.86. The number of rotatable bonds is 3. The van der Waals surface area contributed by atoms with Crippen LogP contribution in [-0.4, -0.2) is 22.1 Å². The molecule has 1 atom stereocenters. The van der Waals surface area contributed by atoms with E-state index in [1.54, 1.807) is 10.9 Å². The summed E-state index contributed by atoms with van der Waals surface area (Å²) in [7, 11) is 0. The molecular weight excluding hydrogens is 286 g/mol. The predicted molar refractivity (Wildman–Crippen MR) is 82.8 cm³/mol. The SMILES string of the molecule is CC(C)n1ncc(Cl)c1C(=O)C1CNCc2ccccc21. The molecule has 1 unspecified atom stereocenters. The number of Topliss-reactive ketones (excluding diaryl/α,β-unsaturated/α-hetero) is 1. The Balaban J connectivity index is 2.03. The van der Waals surface area contributed by atoms with Gasteiger partial charge in [0.15, 0.2) is 5.78 Å². The minimum absolute atomic E-state index is 0.0332. The van der Waals surface area contributed by atoms with E-state index in [1.807, 2.05) is 32.0 Å². The number of aromatic nitrogens is 2. The lowest BCUT2D eigenvalue weighted by Gasteiger charge is -2.26. The number of carbonyl (C=O) groups is 1. The first kappa shape index (κ1) is 14.3. The van der Waals surface area contributed by atoms with E-state index < -0.39 is 0 Å². The molecule has 0 fully saturated rings. The molecule has 0 spiro atoms. The molecule has 1 aliphatic rings. The molecule has 0 bridgehead atoms. The number of fused-ring (bicyclic) bond motifs is 1. The number of nitrogens with zero attached hydrogens (tertiary/aromatic N) is 2. The molecule has 110 valence electrons. The quantitative estimate of drug-likeness (QED) is 0.886. The number of carbonyl (C=O) groups excluding carboxylic acids is 1. The van der Waals surface area contributed by atoms with Crippen molar-refractivity contribution < 1.29 is 4.79 Å². The summed E-state index contributed by atoms with van der Waals surface area (Å²) in [5, 5.41) is 7.97. The van der Waals surface area contributed by atoms with Crippen LogP contribution in [0.15, 0.2) is 30.5 Å². The fourth-order valence-corrected chi connectivity index (χ4v) is 3.08. The van der Waals surface area contributed by atoms with Crippen LogP contribution in [0.5, 0.6) is 0 Å². The van der Waals surface area contributed by atoms with Crippen LogP contribution in [0.25, 0.3) is 0 Å². The van der Waals surface area contributed by atoms with Gasteiger partial charge in [-0.3, -0.25) is 9.48 Å². The lowest BCUT2D eigenvalue weighted by molar-refractivity contribution is 0.0942. The molecule has 21 heavy (non-hydrogen) atoms. The minimum atomic E-state index is -0.207. The van der Waals surface area contributed by atoms with Crippen molar-refractivity contribution in [3.63, 3.8) is 0 Å². The average molecular weight is 304 g/mol.